The maximum atomic E-state index is 9.20. The third-order valence-electron chi connectivity index (χ3n) is 9.70. The van der Waals surface area contributed by atoms with Crippen molar-refractivity contribution in [1.82, 2.24) is 0 Å². The van der Waals surface area contributed by atoms with E-state index in [1.165, 1.54) is 56.1 Å². The molecule has 36 heavy (non-hydrogen) atoms. The van der Waals surface area contributed by atoms with E-state index in [0.717, 1.165) is 22.3 Å². The molecule has 0 saturated heterocycles. The molecular weight excluding hydrogens is 444 g/mol. The van der Waals surface area contributed by atoms with E-state index in [-0.39, 0.29) is 5.41 Å². The smallest absolute Gasteiger partial charge is 0.292 e. The summed E-state index contributed by atoms with van der Waals surface area (Å²) in [6, 6.07) is 9.21. The van der Waals surface area contributed by atoms with E-state index in [1.54, 1.807) is 0 Å². The van der Waals surface area contributed by atoms with Gasteiger partial charge in [-0.05, 0) is 122 Å². The lowest BCUT2D eigenvalue weighted by Gasteiger charge is -2.70. The fourth-order valence-electron chi connectivity index (χ4n) is 9.58. The van der Waals surface area contributed by atoms with Crippen LogP contribution in [0.1, 0.15) is 98.1 Å². The zero-order chi connectivity index (χ0) is 25.9. The Labute approximate surface area is 216 Å². The van der Waals surface area contributed by atoms with Gasteiger partial charge in [0.05, 0.1) is 0 Å². The van der Waals surface area contributed by atoms with Crippen LogP contribution in [-0.2, 0) is 5.41 Å². The monoisotopic (exact) mass is 482 g/mol. The van der Waals surface area contributed by atoms with Crippen molar-refractivity contribution in [3.8, 4) is 24.0 Å². The quantitative estimate of drug-likeness (QED) is 0.391. The summed E-state index contributed by atoms with van der Waals surface area (Å²) in [6.45, 7) is 13.2. The summed E-state index contributed by atoms with van der Waals surface area (Å²) < 4.78 is 10.7. The zero-order valence-electron chi connectivity index (χ0n) is 22.6. The molecule has 2 aromatic carbocycles. The molecule has 4 nitrogen and oxygen atoms in total. The van der Waals surface area contributed by atoms with Gasteiger partial charge in [-0.2, -0.15) is 0 Å². The number of benzene rings is 2. The summed E-state index contributed by atoms with van der Waals surface area (Å²) in [7, 11) is 0. The first-order valence-electron chi connectivity index (χ1n) is 13.4. The lowest BCUT2D eigenvalue weighted by Crippen LogP contribution is -2.61. The van der Waals surface area contributed by atoms with Gasteiger partial charge in [-0.15, -0.1) is 10.5 Å². The molecule has 4 bridgehead atoms. The molecule has 0 N–H and O–H groups in total. The van der Waals surface area contributed by atoms with Gasteiger partial charge in [0, 0.05) is 5.41 Å². The molecule has 0 heterocycles. The molecule has 6 rings (SSSR count). The molecule has 5 unspecified atom stereocenters. The van der Waals surface area contributed by atoms with Gasteiger partial charge >= 0.3 is 0 Å². The molecule has 4 aliphatic rings. The van der Waals surface area contributed by atoms with Crippen LogP contribution in [0.25, 0.3) is 0 Å². The standard InChI is InChI=1S/C32H38N2O2/c1-7-8-31-14-25-13-30(6,15-31)16-32(17-31,26-11-22(4)29(36-19-34)23(5)12-26)27(25)24-9-20(2)28(35-18-33)21(3)10-24/h9-12,25,27H,7-8,13-17H2,1-6H3. The van der Waals surface area contributed by atoms with Crippen LogP contribution in [0.4, 0.5) is 0 Å². The topological polar surface area (TPSA) is 66.0 Å². The second-order valence-corrected chi connectivity index (χ2v) is 12.7. The normalized spacial score (nSPS) is 32.1. The maximum Gasteiger partial charge on any atom is 0.292 e. The van der Waals surface area contributed by atoms with Crippen LogP contribution in [0.2, 0.25) is 0 Å². The van der Waals surface area contributed by atoms with Crippen LogP contribution in [0.15, 0.2) is 24.3 Å². The minimum atomic E-state index is 0.0422. The number of aryl methyl sites for hydroxylation is 4. The Kier molecular flexibility index (Phi) is 5.87. The van der Waals surface area contributed by atoms with Gasteiger partial charge in [0.25, 0.3) is 12.5 Å². The van der Waals surface area contributed by atoms with E-state index >= 15 is 0 Å². The highest BCUT2D eigenvalue weighted by Crippen LogP contribution is 2.75. The second kappa shape index (κ2) is 8.55. The van der Waals surface area contributed by atoms with Crippen molar-refractivity contribution in [3.63, 3.8) is 0 Å². The molecule has 0 aromatic heterocycles. The summed E-state index contributed by atoms with van der Waals surface area (Å²) in [5.41, 5.74) is 7.76. The van der Waals surface area contributed by atoms with Crippen LogP contribution in [0.3, 0.4) is 0 Å². The van der Waals surface area contributed by atoms with Crippen molar-refractivity contribution in [2.75, 3.05) is 0 Å². The van der Waals surface area contributed by atoms with E-state index in [4.69, 9.17) is 14.7 Å². The second-order valence-electron chi connectivity index (χ2n) is 12.7. The van der Waals surface area contributed by atoms with Crippen LogP contribution in [0.5, 0.6) is 11.5 Å². The predicted octanol–water partition coefficient (Wildman–Crippen LogP) is 8.06. The van der Waals surface area contributed by atoms with Gasteiger partial charge in [-0.3, -0.25) is 0 Å². The first-order chi connectivity index (χ1) is 17.1. The van der Waals surface area contributed by atoms with E-state index in [1.807, 2.05) is 12.5 Å². The molecule has 0 aliphatic heterocycles. The molecule has 4 fully saturated rings. The first-order valence-corrected chi connectivity index (χ1v) is 13.4. The van der Waals surface area contributed by atoms with Gasteiger partial charge in [0.1, 0.15) is 11.5 Å². The zero-order valence-corrected chi connectivity index (χ0v) is 22.6. The number of nitrogens with zero attached hydrogens (tertiary/aromatic N) is 2. The third kappa shape index (κ3) is 3.69. The van der Waals surface area contributed by atoms with Gasteiger partial charge in [-0.25, -0.2) is 0 Å². The average Bonchev–Trinajstić information content (AvgIpc) is 2.77. The lowest BCUT2D eigenvalue weighted by molar-refractivity contribution is -0.136. The van der Waals surface area contributed by atoms with Crippen molar-refractivity contribution < 1.29 is 9.47 Å². The molecule has 4 saturated carbocycles. The lowest BCUT2D eigenvalue weighted by atomic mass is 9.34. The van der Waals surface area contributed by atoms with E-state index in [9.17, 15) is 5.26 Å². The Morgan fingerprint density at radius 2 is 1.39 bits per heavy atom. The first kappa shape index (κ1) is 24.7. The number of rotatable bonds is 6. The number of nitriles is 2. The Morgan fingerprint density at radius 3 is 1.92 bits per heavy atom. The summed E-state index contributed by atoms with van der Waals surface area (Å²) >= 11 is 0. The summed E-state index contributed by atoms with van der Waals surface area (Å²) in [5, 5.41) is 18.4. The minimum Gasteiger partial charge on any atom is -0.387 e. The molecule has 4 aliphatic carbocycles. The Hall–Kier alpha value is -2.98. The van der Waals surface area contributed by atoms with Gasteiger partial charge in [-0.1, -0.05) is 44.5 Å². The minimum absolute atomic E-state index is 0.0422. The number of hydrogen-bond acceptors (Lipinski definition) is 4. The highest BCUT2D eigenvalue weighted by Gasteiger charge is 2.66. The Bertz CT molecular complexity index is 1250. The highest BCUT2D eigenvalue weighted by molar-refractivity contribution is 5.52. The Morgan fingerprint density at radius 1 is 0.833 bits per heavy atom. The van der Waals surface area contributed by atoms with Crippen LogP contribution >= 0.6 is 0 Å². The van der Waals surface area contributed by atoms with Crippen molar-refractivity contribution in [2.45, 2.75) is 97.8 Å². The van der Waals surface area contributed by atoms with Crippen molar-refractivity contribution in [2.24, 2.45) is 16.7 Å². The van der Waals surface area contributed by atoms with E-state index in [2.05, 4.69) is 65.8 Å². The number of ether oxygens (including phenoxy) is 2. The van der Waals surface area contributed by atoms with Gasteiger partial charge < -0.3 is 9.47 Å². The maximum absolute atomic E-state index is 9.20. The van der Waals surface area contributed by atoms with Crippen molar-refractivity contribution in [3.05, 3.63) is 57.6 Å². The highest BCUT2D eigenvalue weighted by atomic mass is 16.5. The predicted molar refractivity (Wildman–Crippen MR) is 141 cm³/mol. The van der Waals surface area contributed by atoms with E-state index < -0.39 is 0 Å². The SMILES string of the molecule is CCCC12CC3CC(C)(C1)CC(c1cc(C)c(OC#N)c(C)c1)(C2)C3c1cc(C)c(OC#N)c(C)c1. The molecule has 5 atom stereocenters. The van der Waals surface area contributed by atoms with Crippen LogP contribution < -0.4 is 9.47 Å². The molecule has 188 valence electrons. The molecule has 2 aromatic rings. The fourth-order valence-corrected chi connectivity index (χ4v) is 9.58. The summed E-state index contributed by atoms with van der Waals surface area (Å²) in [5.74, 6) is 2.45. The third-order valence-corrected chi connectivity index (χ3v) is 9.70. The molecule has 0 amide bonds. The van der Waals surface area contributed by atoms with Crippen molar-refractivity contribution in [1.29, 1.82) is 10.5 Å². The molecular formula is C32H38N2O2. The molecule has 0 radical (unpaired) electrons. The van der Waals surface area contributed by atoms with E-state index in [0.29, 0.717) is 34.2 Å². The van der Waals surface area contributed by atoms with Gasteiger partial charge in [0.2, 0.25) is 0 Å². The van der Waals surface area contributed by atoms with Crippen LogP contribution in [0, 0.1) is 67.5 Å². The molecule has 4 heteroatoms. The number of hydrogen-bond donors (Lipinski definition) is 0. The molecule has 0 spiro atoms. The largest absolute Gasteiger partial charge is 0.387 e. The Balaban J connectivity index is 1.73. The average molecular weight is 483 g/mol. The van der Waals surface area contributed by atoms with Crippen LogP contribution in [-0.4, -0.2) is 0 Å². The van der Waals surface area contributed by atoms with Crippen molar-refractivity contribution >= 4 is 0 Å². The summed E-state index contributed by atoms with van der Waals surface area (Å²) in [6.07, 6.45) is 12.6. The van der Waals surface area contributed by atoms with Gasteiger partial charge in [0.15, 0.2) is 0 Å². The summed E-state index contributed by atoms with van der Waals surface area (Å²) in [4.78, 5) is 0. The fraction of sp³-hybridized carbons (Fsp3) is 0.562.